The van der Waals surface area contributed by atoms with E-state index >= 15 is 0 Å². The largest absolute Gasteiger partial charge is 0.325 e. The van der Waals surface area contributed by atoms with Gasteiger partial charge >= 0.3 is 0 Å². The summed E-state index contributed by atoms with van der Waals surface area (Å²) in [5.74, 6) is -0.860. The topological polar surface area (TPSA) is 66.5 Å². The lowest BCUT2D eigenvalue weighted by Crippen LogP contribution is -2.39. The highest BCUT2D eigenvalue weighted by Gasteiger charge is 2.59. The summed E-state index contributed by atoms with van der Waals surface area (Å²) >= 11 is 2.18. The first-order chi connectivity index (χ1) is 11.0. The van der Waals surface area contributed by atoms with Crippen LogP contribution in [0.5, 0.6) is 0 Å². The fourth-order valence-electron chi connectivity index (χ4n) is 4.00. The Bertz CT molecular complexity index is 698. The molecule has 1 N–H and O–H groups in total. The fourth-order valence-corrected chi connectivity index (χ4v) is 4.36. The first-order valence-electron chi connectivity index (χ1n) is 7.63. The van der Waals surface area contributed by atoms with Crippen molar-refractivity contribution < 1.29 is 14.4 Å². The average Bonchev–Trinajstić information content (AvgIpc) is 3.19. The van der Waals surface area contributed by atoms with Crippen molar-refractivity contribution in [2.45, 2.75) is 6.42 Å². The van der Waals surface area contributed by atoms with Crippen LogP contribution in [0, 0.1) is 27.2 Å². The van der Waals surface area contributed by atoms with Crippen molar-refractivity contribution in [1.82, 2.24) is 4.90 Å². The molecule has 3 aliphatic rings. The second-order valence-corrected chi connectivity index (χ2v) is 7.56. The van der Waals surface area contributed by atoms with Crippen LogP contribution in [0.15, 0.2) is 36.4 Å². The highest BCUT2D eigenvalue weighted by atomic mass is 127. The van der Waals surface area contributed by atoms with Crippen molar-refractivity contribution in [3.8, 4) is 0 Å². The predicted octanol–water partition coefficient (Wildman–Crippen LogP) is 2.04. The van der Waals surface area contributed by atoms with E-state index in [1.807, 2.05) is 24.3 Å². The number of anilines is 1. The van der Waals surface area contributed by atoms with Crippen LogP contribution < -0.4 is 5.32 Å². The van der Waals surface area contributed by atoms with Crippen molar-refractivity contribution in [2.75, 3.05) is 11.9 Å². The number of allylic oxidation sites excluding steroid dienone is 2. The Morgan fingerprint density at radius 1 is 1.09 bits per heavy atom. The molecule has 1 saturated heterocycles. The number of likely N-dealkylation sites (tertiary alicyclic amines) is 1. The van der Waals surface area contributed by atoms with E-state index in [9.17, 15) is 14.4 Å². The summed E-state index contributed by atoms with van der Waals surface area (Å²) in [6, 6.07) is 7.37. The summed E-state index contributed by atoms with van der Waals surface area (Å²) in [5.41, 5.74) is 0.663. The Kier molecular flexibility index (Phi) is 3.51. The van der Waals surface area contributed by atoms with Gasteiger partial charge in [0.2, 0.25) is 17.7 Å². The van der Waals surface area contributed by atoms with Crippen LogP contribution in [0.25, 0.3) is 0 Å². The number of fused-ring (bicyclic) bond motifs is 5. The third-order valence-corrected chi connectivity index (χ3v) is 5.71. The number of nitrogens with zero attached hydrogens (tertiary/aromatic N) is 1. The highest BCUT2D eigenvalue weighted by Crippen LogP contribution is 2.52. The molecule has 23 heavy (non-hydrogen) atoms. The van der Waals surface area contributed by atoms with Crippen LogP contribution in [0.1, 0.15) is 6.42 Å². The Hall–Kier alpha value is -1.70. The van der Waals surface area contributed by atoms with Crippen LogP contribution in [-0.4, -0.2) is 29.2 Å². The zero-order chi connectivity index (χ0) is 16.1. The summed E-state index contributed by atoms with van der Waals surface area (Å²) in [5, 5.41) is 2.74. The molecule has 0 spiro atoms. The van der Waals surface area contributed by atoms with Gasteiger partial charge in [-0.25, -0.2) is 0 Å². The van der Waals surface area contributed by atoms with Gasteiger partial charge in [0, 0.05) is 9.26 Å². The molecule has 4 rings (SSSR count). The number of benzene rings is 1. The van der Waals surface area contributed by atoms with Gasteiger partial charge < -0.3 is 5.32 Å². The van der Waals surface area contributed by atoms with Crippen LogP contribution >= 0.6 is 22.6 Å². The van der Waals surface area contributed by atoms with Crippen molar-refractivity contribution >= 4 is 46.0 Å². The Balaban J connectivity index is 1.45. The van der Waals surface area contributed by atoms with Gasteiger partial charge in [-0.05, 0) is 65.1 Å². The summed E-state index contributed by atoms with van der Waals surface area (Å²) in [6.45, 7) is -0.198. The molecule has 1 saturated carbocycles. The molecular weight excluding hydrogens is 407 g/mol. The second kappa shape index (κ2) is 5.43. The minimum absolute atomic E-state index is 0.172. The van der Waals surface area contributed by atoms with E-state index in [1.54, 1.807) is 12.1 Å². The smallest absolute Gasteiger partial charge is 0.244 e. The van der Waals surface area contributed by atoms with Gasteiger partial charge in [0.15, 0.2) is 0 Å². The maximum Gasteiger partial charge on any atom is 0.244 e. The summed E-state index contributed by atoms with van der Waals surface area (Å²) in [7, 11) is 0. The Morgan fingerprint density at radius 2 is 1.65 bits per heavy atom. The van der Waals surface area contributed by atoms with Crippen molar-refractivity contribution in [3.05, 3.63) is 40.0 Å². The summed E-state index contributed by atoms with van der Waals surface area (Å²) < 4.78 is 1.07. The number of hydrogen-bond acceptors (Lipinski definition) is 3. The maximum atomic E-state index is 12.5. The summed E-state index contributed by atoms with van der Waals surface area (Å²) in [6.07, 6.45) is 4.99. The standard InChI is InChI=1S/C17H15IN2O3/c18-11-3-5-12(6-4-11)19-13(21)8-20-16(22)14-9-1-2-10(7-9)15(14)17(20)23/h1-6,9-10,14-15H,7-8H2,(H,19,21)/t9-,10+,14+,15-. The molecule has 1 heterocycles. The molecule has 0 unspecified atom stereocenters. The van der Waals surface area contributed by atoms with Gasteiger partial charge in [-0.2, -0.15) is 0 Å². The monoisotopic (exact) mass is 422 g/mol. The number of hydrogen-bond donors (Lipinski definition) is 1. The maximum absolute atomic E-state index is 12.5. The number of carbonyl (C=O) groups is 3. The normalized spacial score (nSPS) is 30.9. The average molecular weight is 422 g/mol. The first kappa shape index (κ1) is 14.9. The van der Waals surface area contributed by atoms with E-state index < -0.39 is 0 Å². The van der Waals surface area contributed by atoms with Crippen molar-refractivity contribution in [1.29, 1.82) is 0 Å². The molecule has 2 fully saturated rings. The molecule has 3 amide bonds. The zero-order valence-electron chi connectivity index (χ0n) is 12.2. The minimum Gasteiger partial charge on any atom is -0.325 e. The molecule has 2 aliphatic carbocycles. The lowest BCUT2D eigenvalue weighted by Gasteiger charge is -2.16. The zero-order valence-corrected chi connectivity index (χ0v) is 14.4. The molecule has 6 heteroatoms. The third kappa shape index (κ3) is 2.39. The lowest BCUT2D eigenvalue weighted by molar-refractivity contribution is -0.143. The van der Waals surface area contributed by atoms with E-state index in [1.165, 1.54) is 0 Å². The van der Waals surface area contributed by atoms with E-state index in [-0.39, 0.29) is 47.9 Å². The van der Waals surface area contributed by atoms with Crippen molar-refractivity contribution in [3.63, 3.8) is 0 Å². The summed E-state index contributed by atoms with van der Waals surface area (Å²) in [4.78, 5) is 38.3. The second-order valence-electron chi connectivity index (χ2n) is 6.32. The van der Waals surface area contributed by atoms with Crippen LogP contribution in [0.2, 0.25) is 0 Å². The van der Waals surface area contributed by atoms with E-state index in [0.29, 0.717) is 5.69 Å². The molecule has 1 aliphatic heterocycles. The Morgan fingerprint density at radius 3 is 2.22 bits per heavy atom. The van der Waals surface area contributed by atoms with E-state index in [4.69, 9.17) is 0 Å². The molecule has 0 aromatic heterocycles. The Labute approximate surface area is 147 Å². The minimum atomic E-state index is -0.340. The van der Waals surface area contributed by atoms with Crippen LogP contribution in [-0.2, 0) is 14.4 Å². The predicted molar refractivity (Wildman–Crippen MR) is 92.2 cm³/mol. The van der Waals surface area contributed by atoms with E-state index in [2.05, 4.69) is 27.9 Å². The number of halogens is 1. The number of nitrogens with one attached hydrogen (secondary N) is 1. The van der Waals surface area contributed by atoms with Gasteiger partial charge in [-0.15, -0.1) is 0 Å². The molecule has 5 nitrogen and oxygen atoms in total. The fraction of sp³-hybridized carbons (Fsp3) is 0.353. The molecule has 118 valence electrons. The molecule has 0 radical (unpaired) electrons. The lowest BCUT2D eigenvalue weighted by atomic mass is 9.85. The van der Waals surface area contributed by atoms with Crippen LogP contribution in [0.3, 0.4) is 0 Å². The van der Waals surface area contributed by atoms with Gasteiger partial charge in [0.1, 0.15) is 6.54 Å². The SMILES string of the molecule is O=C(CN1C(=O)[C@@H]2[C@H](C1=O)[C@H]1C=C[C@@H]2C1)Nc1ccc(I)cc1. The number of rotatable bonds is 3. The molecule has 1 aromatic rings. The third-order valence-electron chi connectivity index (χ3n) is 4.99. The number of imide groups is 1. The van der Waals surface area contributed by atoms with E-state index in [0.717, 1.165) is 14.9 Å². The number of amides is 3. The molecule has 2 bridgehead atoms. The van der Waals surface area contributed by atoms with Gasteiger partial charge in [0.25, 0.3) is 0 Å². The molecular formula is C17H15IN2O3. The number of carbonyl (C=O) groups excluding carboxylic acids is 3. The molecule has 4 atom stereocenters. The van der Waals surface area contributed by atoms with Crippen LogP contribution in [0.4, 0.5) is 5.69 Å². The van der Waals surface area contributed by atoms with Gasteiger partial charge in [0.05, 0.1) is 11.8 Å². The molecule has 1 aromatic carbocycles. The first-order valence-corrected chi connectivity index (χ1v) is 8.71. The van der Waals surface area contributed by atoms with Crippen molar-refractivity contribution in [2.24, 2.45) is 23.7 Å². The van der Waals surface area contributed by atoms with Gasteiger partial charge in [-0.3, -0.25) is 19.3 Å². The highest BCUT2D eigenvalue weighted by molar-refractivity contribution is 14.1. The quantitative estimate of drug-likeness (QED) is 0.461. The van der Waals surface area contributed by atoms with Gasteiger partial charge in [-0.1, -0.05) is 12.2 Å².